The first-order valence-electron chi connectivity index (χ1n) is 14.0. The van der Waals surface area contributed by atoms with E-state index in [1.54, 1.807) is 13.8 Å². The molecule has 3 aliphatic rings. The number of Topliss-reactive ketones (excluding diaryl/α,β-unsaturated/α-hetero) is 4. The number of hydrogen-bond acceptors (Lipinski definition) is 7. The Morgan fingerprint density at radius 1 is 1.12 bits per heavy atom. The molecular formula is C33H38O6S. The molecule has 1 aromatic heterocycles. The predicted molar refractivity (Wildman–Crippen MR) is 155 cm³/mol. The largest absolute Gasteiger partial charge is 0.506 e. The fourth-order valence-electron chi connectivity index (χ4n) is 8.72. The molecule has 7 heteroatoms. The third-order valence-corrected chi connectivity index (χ3v) is 10.9. The molecule has 0 saturated heterocycles. The number of benzene rings is 1. The van der Waals surface area contributed by atoms with Crippen molar-refractivity contribution in [2.24, 2.45) is 28.6 Å². The molecule has 5 rings (SSSR count). The maximum atomic E-state index is 14.5. The van der Waals surface area contributed by atoms with Gasteiger partial charge in [-0.05, 0) is 78.5 Å². The summed E-state index contributed by atoms with van der Waals surface area (Å²) in [7, 11) is 0. The number of fused-ring (bicyclic) bond motifs is 3. The molecule has 5 atom stereocenters. The van der Waals surface area contributed by atoms with Gasteiger partial charge in [0.05, 0.1) is 17.1 Å². The molecule has 1 fully saturated rings. The lowest BCUT2D eigenvalue weighted by Gasteiger charge is -2.62. The maximum absolute atomic E-state index is 14.5. The van der Waals surface area contributed by atoms with Crippen molar-refractivity contribution in [2.45, 2.75) is 79.8 Å². The summed E-state index contributed by atoms with van der Waals surface area (Å²) in [5.41, 5.74) is -1.87. The van der Waals surface area contributed by atoms with Gasteiger partial charge in [0.15, 0.2) is 23.0 Å². The predicted octanol–water partition coefficient (Wildman–Crippen LogP) is 6.08. The summed E-state index contributed by atoms with van der Waals surface area (Å²) < 4.78 is 0. The van der Waals surface area contributed by atoms with Gasteiger partial charge in [-0.15, -0.1) is 11.3 Å². The average Bonchev–Trinajstić information content (AvgIpc) is 3.35. The van der Waals surface area contributed by atoms with Crippen molar-refractivity contribution in [3.8, 4) is 16.2 Å². The van der Waals surface area contributed by atoms with Gasteiger partial charge in [0.25, 0.3) is 0 Å². The molecule has 40 heavy (non-hydrogen) atoms. The smallest absolute Gasteiger partial charge is 0.206 e. The van der Waals surface area contributed by atoms with E-state index < -0.39 is 51.4 Å². The third kappa shape index (κ3) is 3.49. The summed E-state index contributed by atoms with van der Waals surface area (Å²) in [4.78, 5) is 56.4. The molecule has 1 heterocycles. The van der Waals surface area contributed by atoms with Gasteiger partial charge in [0.1, 0.15) is 5.75 Å². The van der Waals surface area contributed by atoms with Gasteiger partial charge < -0.3 is 10.2 Å². The Balaban J connectivity index is 1.78. The summed E-state index contributed by atoms with van der Waals surface area (Å²) >= 11 is 1.45. The molecule has 212 valence electrons. The third-order valence-electron chi connectivity index (χ3n) is 9.97. The van der Waals surface area contributed by atoms with Crippen LogP contribution in [0.15, 0.2) is 34.7 Å². The number of aliphatic hydroxyl groups is 1. The van der Waals surface area contributed by atoms with E-state index in [2.05, 4.69) is 0 Å². The summed E-state index contributed by atoms with van der Waals surface area (Å²) in [6, 6.07) is 5.70. The van der Waals surface area contributed by atoms with E-state index in [1.165, 1.54) is 18.3 Å². The Bertz CT molecular complexity index is 1510. The molecule has 3 aliphatic carbocycles. The van der Waals surface area contributed by atoms with Crippen molar-refractivity contribution < 1.29 is 29.4 Å². The maximum Gasteiger partial charge on any atom is 0.206 e. The number of phenolic OH excluding ortho intramolecular Hbond substituents is 1. The molecule has 1 saturated carbocycles. The van der Waals surface area contributed by atoms with Crippen molar-refractivity contribution in [1.29, 1.82) is 0 Å². The molecule has 0 aliphatic heterocycles. The highest BCUT2D eigenvalue weighted by molar-refractivity contribution is 7.13. The zero-order valence-electron chi connectivity index (χ0n) is 24.5. The molecule has 6 nitrogen and oxygen atoms in total. The van der Waals surface area contributed by atoms with Crippen molar-refractivity contribution in [2.75, 3.05) is 0 Å². The summed E-state index contributed by atoms with van der Waals surface area (Å²) in [5.74, 6) is -4.76. The molecule has 0 radical (unpaired) electrons. The number of ketones is 4. The number of thiophene rings is 1. The van der Waals surface area contributed by atoms with Crippen molar-refractivity contribution >= 4 is 34.5 Å². The van der Waals surface area contributed by atoms with Crippen LogP contribution in [0.5, 0.6) is 5.75 Å². The van der Waals surface area contributed by atoms with Gasteiger partial charge in [-0.2, -0.15) is 0 Å². The Morgan fingerprint density at radius 3 is 2.30 bits per heavy atom. The van der Waals surface area contributed by atoms with E-state index in [0.29, 0.717) is 17.6 Å². The number of allylic oxidation sites excluding steroid dienone is 1. The van der Waals surface area contributed by atoms with Crippen LogP contribution in [0, 0.1) is 28.6 Å². The number of aromatic hydroxyl groups is 1. The van der Waals surface area contributed by atoms with Gasteiger partial charge in [0.2, 0.25) is 5.78 Å². The van der Waals surface area contributed by atoms with Gasteiger partial charge in [0, 0.05) is 15.9 Å². The quantitative estimate of drug-likeness (QED) is 0.346. The molecule has 1 unspecified atom stereocenters. The second-order valence-electron chi connectivity index (χ2n) is 13.3. The Hall–Kier alpha value is -2.90. The standard InChI is InChI=1S/C33H38O6S/c1-15(2)19-12-20(22-10-9-11-40-22)27(35)24-21(19)13-31(7)14-32(8)25(16(3)4)17(5)23(18(6)34)29(37)33(32,39)30(38)26(31)28(24)36/h9-12,15-16,25-26,35,39H,13-14H2,1-8H3/t25-,26?,31+,32+,33-/m1/s1. The minimum atomic E-state index is -2.53. The van der Waals surface area contributed by atoms with Gasteiger partial charge in [-0.3, -0.25) is 19.2 Å². The fraction of sp³-hybridized carbons (Fsp3) is 0.515. The van der Waals surface area contributed by atoms with E-state index in [1.807, 2.05) is 58.2 Å². The van der Waals surface area contributed by atoms with Crippen LogP contribution in [0.1, 0.15) is 89.2 Å². The van der Waals surface area contributed by atoms with Gasteiger partial charge >= 0.3 is 0 Å². The van der Waals surface area contributed by atoms with E-state index in [-0.39, 0.29) is 35.1 Å². The summed E-state index contributed by atoms with van der Waals surface area (Å²) in [6.07, 6.45) is 0.587. The molecule has 0 amide bonds. The fourth-order valence-corrected chi connectivity index (χ4v) is 9.46. The van der Waals surface area contributed by atoms with Gasteiger partial charge in [-0.1, -0.05) is 53.2 Å². The number of phenols is 1. The van der Waals surface area contributed by atoms with Crippen LogP contribution in [0.25, 0.3) is 10.4 Å². The highest BCUT2D eigenvalue weighted by Crippen LogP contribution is 2.65. The topological polar surface area (TPSA) is 109 Å². The molecule has 2 N–H and O–H groups in total. The van der Waals surface area contributed by atoms with Crippen molar-refractivity contribution in [1.82, 2.24) is 0 Å². The molecule has 1 aromatic carbocycles. The van der Waals surface area contributed by atoms with Crippen LogP contribution < -0.4 is 0 Å². The number of hydrogen-bond donors (Lipinski definition) is 2. The first-order chi connectivity index (χ1) is 18.5. The zero-order chi connectivity index (χ0) is 29.7. The first kappa shape index (κ1) is 28.6. The van der Waals surface area contributed by atoms with E-state index in [0.717, 1.165) is 16.0 Å². The number of rotatable bonds is 4. The van der Waals surface area contributed by atoms with Crippen molar-refractivity contribution in [3.63, 3.8) is 0 Å². The highest BCUT2D eigenvalue weighted by atomic mass is 32.1. The summed E-state index contributed by atoms with van der Waals surface area (Å²) in [5, 5.41) is 25.7. The van der Waals surface area contributed by atoms with Crippen LogP contribution in [0.3, 0.4) is 0 Å². The summed E-state index contributed by atoms with van der Waals surface area (Å²) in [6.45, 7) is 14.7. The Labute approximate surface area is 239 Å². The molecule has 2 aromatic rings. The SMILES string of the molecule is CC(=O)C1=C(C)[C@@H](C(C)C)[C@]2(C)C[C@]3(C)Cc4c(C(C)C)cc(-c5cccs5)c(O)c4C(=O)C3C(=O)[C@]2(O)C1=O. The van der Waals surface area contributed by atoms with E-state index in [9.17, 15) is 29.4 Å². The number of carbonyl (C=O) groups excluding carboxylic acids is 4. The minimum absolute atomic E-state index is 0.0517. The van der Waals surface area contributed by atoms with Crippen LogP contribution in [-0.2, 0) is 20.8 Å². The lowest BCUT2D eigenvalue weighted by Crippen LogP contribution is -2.73. The Morgan fingerprint density at radius 2 is 1.77 bits per heavy atom. The zero-order valence-corrected chi connectivity index (χ0v) is 25.3. The van der Waals surface area contributed by atoms with Crippen molar-refractivity contribution in [3.05, 3.63) is 51.4 Å². The average molecular weight is 563 g/mol. The van der Waals surface area contributed by atoms with E-state index in [4.69, 9.17) is 0 Å². The molecule has 0 bridgehead atoms. The second-order valence-corrected chi connectivity index (χ2v) is 14.3. The highest BCUT2D eigenvalue weighted by Gasteiger charge is 2.73. The first-order valence-corrected chi connectivity index (χ1v) is 14.9. The lowest BCUT2D eigenvalue weighted by atomic mass is 9.40. The molecule has 0 spiro atoms. The normalized spacial score (nSPS) is 31.9. The monoisotopic (exact) mass is 562 g/mol. The van der Waals surface area contributed by atoms with Gasteiger partial charge in [-0.25, -0.2) is 0 Å². The molecular weight excluding hydrogens is 524 g/mol. The van der Waals surface area contributed by atoms with Crippen LogP contribution in [-0.4, -0.2) is 38.9 Å². The lowest BCUT2D eigenvalue weighted by molar-refractivity contribution is -0.192. The minimum Gasteiger partial charge on any atom is -0.506 e. The number of carbonyl (C=O) groups is 4. The second kappa shape index (κ2) is 9.05. The van der Waals surface area contributed by atoms with Crippen LogP contribution in [0.4, 0.5) is 0 Å². The Kier molecular flexibility index (Phi) is 6.48. The van der Waals surface area contributed by atoms with E-state index >= 15 is 0 Å². The van der Waals surface area contributed by atoms with Crippen LogP contribution in [0.2, 0.25) is 0 Å². The van der Waals surface area contributed by atoms with Crippen LogP contribution >= 0.6 is 11.3 Å².